The normalized spacial score (nSPS) is 9.56. The van der Waals surface area contributed by atoms with E-state index in [9.17, 15) is 0 Å². The van der Waals surface area contributed by atoms with E-state index in [0.29, 0.717) is 24.7 Å². The molecule has 82 valence electrons. The molecule has 0 aliphatic heterocycles. The second-order valence-corrected chi connectivity index (χ2v) is 3.71. The fourth-order valence-corrected chi connectivity index (χ4v) is 1.48. The zero-order valence-corrected chi connectivity index (χ0v) is 9.51. The summed E-state index contributed by atoms with van der Waals surface area (Å²) in [5.41, 5.74) is 1.36. The molecule has 1 aromatic heterocycles. The molecule has 4 heteroatoms. The molecule has 16 heavy (non-hydrogen) atoms. The van der Waals surface area contributed by atoms with Crippen LogP contribution in [0.4, 0.5) is 5.69 Å². The van der Waals surface area contributed by atoms with Crippen molar-refractivity contribution >= 4 is 5.69 Å². The maximum absolute atomic E-state index is 8.65. The van der Waals surface area contributed by atoms with E-state index in [2.05, 4.69) is 29.8 Å². The third-order valence-corrected chi connectivity index (χ3v) is 2.28. The molecule has 0 radical (unpaired) electrons. The van der Waals surface area contributed by atoms with Crippen LogP contribution in [0.2, 0.25) is 0 Å². The molecule has 0 atom stereocenters. The van der Waals surface area contributed by atoms with Gasteiger partial charge in [0.15, 0.2) is 0 Å². The Hall–Kier alpha value is -2.07. The topological polar surface area (TPSA) is 63.7 Å². The predicted molar refractivity (Wildman–Crippen MR) is 61.7 cm³/mol. The molecule has 1 aromatic rings. The highest BCUT2D eigenvalue weighted by Gasteiger charge is 2.10. The summed E-state index contributed by atoms with van der Waals surface area (Å²) in [4.78, 5) is 6.12. The number of anilines is 1. The maximum atomic E-state index is 8.65. The number of pyridine rings is 1. The molecule has 0 amide bonds. The summed E-state index contributed by atoms with van der Waals surface area (Å²) in [6.07, 6.45) is 2.16. The molecule has 4 nitrogen and oxygen atoms in total. The standard InChI is InChI=1S/C12H14N4/c1-10(2)16(7-3-6-13)12-5-4-11(8-14)15-9-12/h4-5,9-10H,3,7H2,1-2H3. The summed E-state index contributed by atoms with van der Waals surface area (Å²) in [6.45, 7) is 4.81. The van der Waals surface area contributed by atoms with Gasteiger partial charge in [0, 0.05) is 12.6 Å². The minimum Gasteiger partial charge on any atom is -0.367 e. The molecular weight excluding hydrogens is 200 g/mol. The smallest absolute Gasteiger partial charge is 0.140 e. The van der Waals surface area contributed by atoms with Crippen LogP contribution in [-0.4, -0.2) is 17.6 Å². The summed E-state index contributed by atoms with van der Waals surface area (Å²) >= 11 is 0. The van der Waals surface area contributed by atoms with Crippen LogP contribution < -0.4 is 4.90 Å². The molecule has 0 aliphatic carbocycles. The lowest BCUT2D eigenvalue weighted by Crippen LogP contribution is -2.31. The van der Waals surface area contributed by atoms with Gasteiger partial charge in [0.05, 0.1) is 24.4 Å². The zero-order chi connectivity index (χ0) is 12.0. The van der Waals surface area contributed by atoms with Gasteiger partial charge in [-0.2, -0.15) is 10.5 Å². The molecule has 0 saturated heterocycles. The van der Waals surface area contributed by atoms with E-state index in [1.165, 1.54) is 0 Å². The Labute approximate surface area is 95.8 Å². The highest BCUT2D eigenvalue weighted by Crippen LogP contribution is 2.16. The quantitative estimate of drug-likeness (QED) is 0.769. The average Bonchev–Trinajstić information content (AvgIpc) is 2.30. The van der Waals surface area contributed by atoms with E-state index < -0.39 is 0 Å². The van der Waals surface area contributed by atoms with Crippen LogP contribution in [0.3, 0.4) is 0 Å². The van der Waals surface area contributed by atoms with E-state index in [4.69, 9.17) is 10.5 Å². The summed E-state index contributed by atoms with van der Waals surface area (Å²) in [6, 6.07) is 7.98. The molecule has 0 saturated carbocycles. The van der Waals surface area contributed by atoms with Gasteiger partial charge in [-0.15, -0.1) is 0 Å². The Bertz CT molecular complexity index is 408. The first-order valence-corrected chi connectivity index (χ1v) is 5.18. The number of rotatable bonds is 4. The molecule has 0 aromatic carbocycles. The first-order valence-electron chi connectivity index (χ1n) is 5.18. The van der Waals surface area contributed by atoms with Crippen LogP contribution in [0.5, 0.6) is 0 Å². The van der Waals surface area contributed by atoms with Crippen molar-refractivity contribution in [1.29, 1.82) is 10.5 Å². The molecule has 1 heterocycles. The average molecular weight is 214 g/mol. The Kier molecular flexibility index (Phi) is 4.29. The van der Waals surface area contributed by atoms with Crippen molar-refractivity contribution in [1.82, 2.24) is 4.98 Å². The van der Waals surface area contributed by atoms with Crippen molar-refractivity contribution < 1.29 is 0 Å². The van der Waals surface area contributed by atoms with Gasteiger partial charge in [0.2, 0.25) is 0 Å². The van der Waals surface area contributed by atoms with Crippen molar-refractivity contribution in [3.8, 4) is 12.1 Å². The number of hydrogen-bond donors (Lipinski definition) is 0. The summed E-state index contributed by atoms with van der Waals surface area (Å²) < 4.78 is 0. The van der Waals surface area contributed by atoms with Crippen LogP contribution in [0.1, 0.15) is 26.0 Å². The van der Waals surface area contributed by atoms with Gasteiger partial charge in [-0.05, 0) is 26.0 Å². The fraction of sp³-hybridized carbons (Fsp3) is 0.417. The molecule has 1 rings (SSSR count). The first-order chi connectivity index (χ1) is 7.69. The lowest BCUT2D eigenvalue weighted by Gasteiger charge is -2.27. The molecule has 0 unspecified atom stereocenters. The molecule has 0 bridgehead atoms. The Morgan fingerprint density at radius 1 is 1.38 bits per heavy atom. The Morgan fingerprint density at radius 2 is 2.12 bits per heavy atom. The predicted octanol–water partition coefficient (Wildman–Crippen LogP) is 2.08. The zero-order valence-electron chi connectivity index (χ0n) is 9.51. The maximum Gasteiger partial charge on any atom is 0.140 e. The first kappa shape index (κ1) is 12.0. The van der Waals surface area contributed by atoms with Crippen molar-refractivity contribution in [2.75, 3.05) is 11.4 Å². The lowest BCUT2D eigenvalue weighted by atomic mass is 10.2. The van der Waals surface area contributed by atoms with Gasteiger partial charge >= 0.3 is 0 Å². The van der Waals surface area contributed by atoms with Gasteiger partial charge in [0.1, 0.15) is 11.8 Å². The minimum atomic E-state index is 0.308. The highest BCUT2D eigenvalue weighted by molar-refractivity contribution is 5.46. The molecule has 0 N–H and O–H groups in total. The molecular formula is C12H14N4. The van der Waals surface area contributed by atoms with Gasteiger partial charge in [-0.25, -0.2) is 4.98 Å². The second kappa shape index (κ2) is 5.72. The minimum absolute atomic E-state index is 0.308. The number of nitriles is 2. The van der Waals surface area contributed by atoms with E-state index in [-0.39, 0.29) is 0 Å². The summed E-state index contributed by atoms with van der Waals surface area (Å²) in [5, 5.41) is 17.2. The SMILES string of the molecule is CC(C)N(CCC#N)c1ccc(C#N)nc1. The van der Waals surface area contributed by atoms with Crippen LogP contribution in [0.25, 0.3) is 0 Å². The van der Waals surface area contributed by atoms with E-state index in [1.54, 1.807) is 12.3 Å². The van der Waals surface area contributed by atoms with Gasteiger partial charge in [0.25, 0.3) is 0 Å². The number of nitrogens with zero attached hydrogens (tertiary/aromatic N) is 4. The summed E-state index contributed by atoms with van der Waals surface area (Å²) in [7, 11) is 0. The summed E-state index contributed by atoms with van der Waals surface area (Å²) in [5.74, 6) is 0. The van der Waals surface area contributed by atoms with Crippen LogP contribution in [-0.2, 0) is 0 Å². The van der Waals surface area contributed by atoms with Crippen LogP contribution in [0.15, 0.2) is 18.3 Å². The van der Waals surface area contributed by atoms with Crippen molar-refractivity contribution in [2.24, 2.45) is 0 Å². The van der Waals surface area contributed by atoms with E-state index in [0.717, 1.165) is 5.69 Å². The van der Waals surface area contributed by atoms with Crippen molar-refractivity contribution in [2.45, 2.75) is 26.3 Å². The second-order valence-electron chi connectivity index (χ2n) is 3.71. The van der Waals surface area contributed by atoms with Crippen LogP contribution >= 0.6 is 0 Å². The van der Waals surface area contributed by atoms with Gasteiger partial charge in [-0.1, -0.05) is 0 Å². The highest BCUT2D eigenvalue weighted by atomic mass is 15.2. The monoisotopic (exact) mass is 214 g/mol. The molecule has 0 fully saturated rings. The lowest BCUT2D eigenvalue weighted by molar-refractivity contribution is 0.685. The molecule has 0 spiro atoms. The van der Waals surface area contributed by atoms with Crippen LogP contribution in [0, 0.1) is 22.7 Å². The Morgan fingerprint density at radius 3 is 2.56 bits per heavy atom. The van der Waals surface area contributed by atoms with Crippen molar-refractivity contribution in [3.05, 3.63) is 24.0 Å². The number of aromatic nitrogens is 1. The van der Waals surface area contributed by atoms with Gasteiger partial charge in [-0.3, -0.25) is 0 Å². The van der Waals surface area contributed by atoms with E-state index in [1.807, 2.05) is 12.1 Å². The third-order valence-electron chi connectivity index (χ3n) is 2.28. The largest absolute Gasteiger partial charge is 0.367 e. The van der Waals surface area contributed by atoms with Crippen molar-refractivity contribution in [3.63, 3.8) is 0 Å². The molecule has 0 aliphatic rings. The third kappa shape index (κ3) is 2.96. The Balaban J connectivity index is 2.85. The number of hydrogen-bond acceptors (Lipinski definition) is 4. The van der Waals surface area contributed by atoms with Gasteiger partial charge < -0.3 is 4.90 Å². The fourth-order valence-electron chi connectivity index (χ4n) is 1.48. The van der Waals surface area contributed by atoms with E-state index >= 15 is 0 Å².